The van der Waals surface area contributed by atoms with Gasteiger partial charge in [-0.15, -0.1) is 0 Å². The summed E-state index contributed by atoms with van der Waals surface area (Å²) in [5, 5.41) is 13.8. The maximum absolute atomic E-state index is 10.5. The smallest absolute Gasteiger partial charge is 0.234 e. The molecule has 0 spiro atoms. The summed E-state index contributed by atoms with van der Waals surface area (Å²) in [6.45, 7) is 3.69. The minimum absolute atomic E-state index is 0.444. The fourth-order valence-corrected chi connectivity index (χ4v) is 3.29. The van der Waals surface area contributed by atoms with Gasteiger partial charge < -0.3 is 20.1 Å². The molecule has 1 fully saturated rings. The molecule has 2 aliphatic heterocycles. The Morgan fingerprint density at radius 1 is 1.19 bits per heavy atom. The molecular weight excluding hydrogens is 332 g/mol. The molecule has 1 saturated heterocycles. The van der Waals surface area contributed by atoms with Crippen molar-refractivity contribution in [3.8, 4) is 5.88 Å². The predicted octanol–water partition coefficient (Wildman–Crippen LogP) is 0.785. The van der Waals surface area contributed by atoms with Crippen molar-refractivity contribution in [1.29, 1.82) is 0 Å². The molecule has 1 unspecified atom stereocenters. The Morgan fingerprint density at radius 3 is 2.92 bits per heavy atom. The Balaban J connectivity index is 1.50. The number of aliphatic hydroxyl groups excluding tert-OH is 1. The van der Waals surface area contributed by atoms with Gasteiger partial charge in [0.25, 0.3) is 0 Å². The van der Waals surface area contributed by atoms with Gasteiger partial charge >= 0.3 is 0 Å². The van der Waals surface area contributed by atoms with Crippen LogP contribution in [0.15, 0.2) is 36.8 Å². The summed E-state index contributed by atoms with van der Waals surface area (Å²) in [4.78, 5) is 15.5. The molecule has 8 heteroatoms. The Labute approximate surface area is 149 Å². The molecule has 26 heavy (non-hydrogen) atoms. The van der Waals surface area contributed by atoms with E-state index in [1.807, 2.05) is 41.1 Å². The van der Waals surface area contributed by atoms with E-state index in [2.05, 4.69) is 25.2 Å². The van der Waals surface area contributed by atoms with Gasteiger partial charge in [-0.3, -0.25) is 4.40 Å². The highest BCUT2D eigenvalue weighted by Crippen LogP contribution is 2.33. The SMILES string of the molecule is OC1Oc2nc(N3CCNCC3)ccc2C=C1c1cn2cccnc2n1. The number of hydrogen-bond acceptors (Lipinski definition) is 7. The van der Waals surface area contributed by atoms with Crippen molar-refractivity contribution in [3.63, 3.8) is 0 Å². The number of nitrogens with one attached hydrogen (secondary N) is 1. The average molecular weight is 350 g/mol. The highest BCUT2D eigenvalue weighted by molar-refractivity contribution is 5.85. The number of imidazole rings is 1. The molecule has 0 aliphatic carbocycles. The van der Waals surface area contributed by atoms with Crippen molar-refractivity contribution in [2.45, 2.75) is 6.29 Å². The number of fused-ring (bicyclic) bond motifs is 2. The third-order valence-electron chi connectivity index (χ3n) is 4.65. The first-order valence-corrected chi connectivity index (χ1v) is 8.61. The van der Waals surface area contributed by atoms with E-state index in [1.165, 1.54) is 0 Å². The van der Waals surface area contributed by atoms with E-state index in [9.17, 15) is 5.11 Å². The van der Waals surface area contributed by atoms with E-state index in [0.29, 0.717) is 22.9 Å². The Morgan fingerprint density at radius 2 is 2.08 bits per heavy atom. The Bertz CT molecular complexity index is 959. The number of pyridine rings is 1. The summed E-state index contributed by atoms with van der Waals surface area (Å²) in [7, 11) is 0. The maximum atomic E-state index is 10.5. The molecule has 0 radical (unpaired) electrons. The number of aliphatic hydroxyl groups is 1. The van der Waals surface area contributed by atoms with Crippen LogP contribution in [0.5, 0.6) is 5.88 Å². The standard InChI is InChI=1S/C18H18N6O2/c25-17-13(14-11-24-7-1-4-20-18(24)21-14)10-12-2-3-15(22-16(12)26-17)23-8-5-19-6-9-23/h1-4,7,10-11,17,19,25H,5-6,8-9H2. The second kappa shape index (κ2) is 6.08. The Hall–Kier alpha value is -2.97. The van der Waals surface area contributed by atoms with E-state index in [1.54, 1.807) is 6.20 Å². The summed E-state index contributed by atoms with van der Waals surface area (Å²) < 4.78 is 7.50. The third-order valence-corrected chi connectivity index (χ3v) is 4.65. The van der Waals surface area contributed by atoms with E-state index < -0.39 is 6.29 Å². The van der Waals surface area contributed by atoms with Crippen LogP contribution in [0.2, 0.25) is 0 Å². The van der Waals surface area contributed by atoms with Gasteiger partial charge in [0.2, 0.25) is 17.9 Å². The summed E-state index contributed by atoms with van der Waals surface area (Å²) in [6.07, 6.45) is 6.14. The third kappa shape index (κ3) is 2.59. The van der Waals surface area contributed by atoms with Crippen molar-refractivity contribution in [2.24, 2.45) is 0 Å². The van der Waals surface area contributed by atoms with Crippen molar-refractivity contribution in [3.05, 3.63) is 48.0 Å². The lowest BCUT2D eigenvalue weighted by Crippen LogP contribution is -2.44. The Kier molecular flexibility index (Phi) is 3.58. The molecule has 0 saturated carbocycles. The highest BCUT2D eigenvalue weighted by Gasteiger charge is 2.26. The number of piperazine rings is 1. The van der Waals surface area contributed by atoms with Gasteiger partial charge in [-0.25, -0.2) is 9.97 Å². The fourth-order valence-electron chi connectivity index (χ4n) is 3.29. The number of aromatic nitrogens is 4. The van der Waals surface area contributed by atoms with Gasteiger partial charge in [0.1, 0.15) is 5.82 Å². The van der Waals surface area contributed by atoms with E-state index in [0.717, 1.165) is 37.6 Å². The van der Waals surface area contributed by atoms with Crippen LogP contribution in [0, 0.1) is 0 Å². The summed E-state index contributed by atoms with van der Waals surface area (Å²) >= 11 is 0. The van der Waals surface area contributed by atoms with Crippen molar-refractivity contribution < 1.29 is 9.84 Å². The van der Waals surface area contributed by atoms with Crippen molar-refractivity contribution >= 4 is 23.2 Å². The lowest BCUT2D eigenvalue weighted by Gasteiger charge is -2.29. The van der Waals surface area contributed by atoms with Gasteiger partial charge in [0.05, 0.1) is 5.69 Å². The topological polar surface area (TPSA) is 87.8 Å². The first-order valence-electron chi connectivity index (χ1n) is 8.61. The normalized spacial score (nSPS) is 19.8. The molecule has 0 bridgehead atoms. The number of rotatable bonds is 2. The largest absolute Gasteiger partial charge is 0.443 e. The van der Waals surface area contributed by atoms with Gasteiger partial charge in [-0.05, 0) is 24.3 Å². The minimum Gasteiger partial charge on any atom is -0.443 e. The van der Waals surface area contributed by atoms with Gasteiger partial charge in [-0.1, -0.05) is 0 Å². The molecule has 5 heterocycles. The first-order chi connectivity index (χ1) is 12.8. The molecule has 0 amide bonds. The fraction of sp³-hybridized carbons (Fsp3) is 0.278. The van der Waals surface area contributed by atoms with E-state index in [-0.39, 0.29) is 0 Å². The summed E-state index contributed by atoms with van der Waals surface area (Å²) in [5.74, 6) is 1.89. The zero-order valence-corrected chi connectivity index (χ0v) is 14.0. The quantitative estimate of drug-likeness (QED) is 0.706. The van der Waals surface area contributed by atoms with Crippen LogP contribution in [-0.4, -0.2) is 56.9 Å². The van der Waals surface area contributed by atoms with E-state index in [4.69, 9.17) is 4.74 Å². The van der Waals surface area contributed by atoms with Crippen LogP contribution in [0.25, 0.3) is 17.4 Å². The van der Waals surface area contributed by atoms with Gasteiger partial charge in [0, 0.05) is 55.9 Å². The second-order valence-corrected chi connectivity index (χ2v) is 6.32. The number of hydrogen-bond donors (Lipinski definition) is 2. The lowest BCUT2D eigenvalue weighted by atomic mass is 10.1. The molecule has 5 rings (SSSR count). The monoisotopic (exact) mass is 350 g/mol. The van der Waals surface area contributed by atoms with Crippen LogP contribution in [0.4, 0.5) is 5.82 Å². The molecule has 132 valence electrons. The zero-order valence-electron chi connectivity index (χ0n) is 14.0. The molecule has 1 atom stereocenters. The van der Waals surface area contributed by atoms with Crippen molar-refractivity contribution in [2.75, 3.05) is 31.1 Å². The minimum atomic E-state index is -1.11. The predicted molar refractivity (Wildman–Crippen MR) is 96.8 cm³/mol. The zero-order chi connectivity index (χ0) is 17.5. The number of anilines is 1. The average Bonchev–Trinajstić information content (AvgIpc) is 3.11. The molecule has 3 aromatic rings. The van der Waals surface area contributed by atoms with Gasteiger partial charge in [-0.2, -0.15) is 4.98 Å². The molecule has 0 aromatic carbocycles. The van der Waals surface area contributed by atoms with Crippen LogP contribution in [0.1, 0.15) is 11.3 Å². The van der Waals surface area contributed by atoms with Crippen molar-refractivity contribution in [1.82, 2.24) is 24.7 Å². The van der Waals surface area contributed by atoms with Crippen LogP contribution in [0.3, 0.4) is 0 Å². The summed E-state index contributed by atoms with van der Waals surface area (Å²) in [6, 6.07) is 5.79. The first kappa shape index (κ1) is 15.3. The van der Waals surface area contributed by atoms with Gasteiger partial charge in [0.15, 0.2) is 0 Å². The molecular formula is C18H18N6O2. The van der Waals surface area contributed by atoms with E-state index >= 15 is 0 Å². The number of ether oxygens (including phenoxy) is 1. The van der Waals surface area contributed by atoms with Crippen LogP contribution >= 0.6 is 0 Å². The van der Waals surface area contributed by atoms with Crippen LogP contribution in [-0.2, 0) is 0 Å². The summed E-state index contributed by atoms with van der Waals surface area (Å²) in [5.41, 5.74) is 2.06. The molecule has 8 nitrogen and oxygen atoms in total. The molecule has 3 aromatic heterocycles. The molecule has 2 aliphatic rings. The van der Waals surface area contributed by atoms with Crippen LogP contribution < -0.4 is 15.0 Å². The molecule has 2 N–H and O–H groups in total. The highest BCUT2D eigenvalue weighted by atomic mass is 16.6. The second-order valence-electron chi connectivity index (χ2n) is 6.32. The maximum Gasteiger partial charge on any atom is 0.234 e. The number of nitrogens with zero attached hydrogens (tertiary/aromatic N) is 5. The lowest BCUT2D eigenvalue weighted by molar-refractivity contribution is 0.0280.